The maximum absolute atomic E-state index is 5.05. The number of halogens is 1. The Hall–Kier alpha value is -0.830. The minimum atomic E-state index is 0. The summed E-state index contributed by atoms with van der Waals surface area (Å²) >= 11 is 0. The van der Waals surface area contributed by atoms with Gasteiger partial charge in [0, 0.05) is 59.7 Å². The molecule has 0 aliphatic heterocycles. The summed E-state index contributed by atoms with van der Waals surface area (Å²) < 4.78 is 6.94. The van der Waals surface area contributed by atoms with Crippen molar-refractivity contribution in [1.82, 2.24) is 20.0 Å². The standard InChI is InChI=1S/C15H29N5O.HI/c1-12(2)14-13(11-20(5)18-14)10-19(4)15(16-3)17-8-7-9-21-6;/h11-12H,7-10H2,1-6H3,(H,16,17);1H. The van der Waals surface area contributed by atoms with Crippen LogP contribution in [0.4, 0.5) is 0 Å². The average molecular weight is 423 g/mol. The number of nitrogens with one attached hydrogen (secondary N) is 1. The lowest BCUT2D eigenvalue weighted by atomic mass is 10.1. The summed E-state index contributed by atoms with van der Waals surface area (Å²) in [6.45, 7) is 6.75. The van der Waals surface area contributed by atoms with E-state index in [9.17, 15) is 0 Å². The number of nitrogens with zero attached hydrogens (tertiary/aromatic N) is 4. The molecule has 0 amide bonds. The maximum atomic E-state index is 5.05. The summed E-state index contributed by atoms with van der Waals surface area (Å²) in [7, 11) is 7.54. The van der Waals surface area contributed by atoms with Crippen LogP contribution in [-0.2, 0) is 18.3 Å². The minimum absolute atomic E-state index is 0. The van der Waals surface area contributed by atoms with Gasteiger partial charge in [-0.1, -0.05) is 13.8 Å². The van der Waals surface area contributed by atoms with Crippen molar-refractivity contribution in [2.24, 2.45) is 12.0 Å². The van der Waals surface area contributed by atoms with Crippen LogP contribution in [0.3, 0.4) is 0 Å². The average Bonchev–Trinajstić information content (AvgIpc) is 2.79. The molecule has 0 saturated carbocycles. The zero-order valence-corrected chi connectivity index (χ0v) is 16.9. The molecule has 0 aliphatic rings. The van der Waals surface area contributed by atoms with Gasteiger partial charge < -0.3 is 15.0 Å². The molecule has 0 aromatic carbocycles. The highest BCUT2D eigenvalue weighted by Gasteiger charge is 2.14. The first kappa shape index (κ1) is 21.2. The van der Waals surface area contributed by atoms with E-state index >= 15 is 0 Å². The SMILES string of the molecule is CN=C(NCCCOC)N(C)Cc1cn(C)nc1C(C)C.I. The van der Waals surface area contributed by atoms with Crippen LogP contribution in [0.5, 0.6) is 0 Å². The van der Waals surface area contributed by atoms with E-state index in [1.807, 2.05) is 25.8 Å². The van der Waals surface area contributed by atoms with Crippen LogP contribution < -0.4 is 5.32 Å². The van der Waals surface area contributed by atoms with Gasteiger partial charge in [-0.2, -0.15) is 5.10 Å². The number of aliphatic imine (C=N–C) groups is 1. The van der Waals surface area contributed by atoms with Gasteiger partial charge in [-0.15, -0.1) is 24.0 Å². The first-order valence-electron chi connectivity index (χ1n) is 7.42. The van der Waals surface area contributed by atoms with E-state index in [-0.39, 0.29) is 24.0 Å². The summed E-state index contributed by atoms with van der Waals surface area (Å²) in [6, 6.07) is 0. The number of rotatable bonds is 7. The number of hydrogen-bond acceptors (Lipinski definition) is 3. The van der Waals surface area contributed by atoms with Crippen molar-refractivity contribution in [2.75, 3.05) is 34.4 Å². The molecule has 0 saturated heterocycles. The largest absolute Gasteiger partial charge is 0.385 e. The summed E-state index contributed by atoms with van der Waals surface area (Å²) in [4.78, 5) is 6.45. The lowest BCUT2D eigenvalue weighted by Crippen LogP contribution is -2.39. The van der Waals surface area contributed by atoms with E-state index < -0.39 is 0 Å². The molecule has 0 fully saturated rings. The molecule has 0 unspecified atom stereocenters. The van der Waals surface area contributed by atoms with Crippen molar-refractivity contribution in [2.45, 2.75) is 32.7 Å². The van der Waals surface area contributed by atoms with Crippen LogP contribution in [-0.4, -0.2) is 55.0 Å². The quantitative estimate of drug-likeness (QED) is 0.316. The Morgan fingerprint density at radius 3 is 2.73 bits per heavy atom. The molecule has 128 valence electrons. The minimum Gasteiger partial charge on any atom is -0.385 e. The van der Waals surface area contributed by atoms with Crippen molar-refractivity contribution in [3.05, 3.63) is 17.5 Å². The van der Waals surface area contributed by atoms with Crippen molar-refractivity contribution in [3.63, 3.8) is 0 Å². The molecule has 22 heavy (non-hydrogen) atoms. The van der Waals surface area contributed by atoms with Crippen LogP contribution >= 0.6 is 24.0 Å². The van der Waals surface area contributed by atoms with Crippen molar-refractivity contribution in [3.8, 4) is 0 Å². The lowest BCUT2D eigenvalue weighted by molar-refractivity contribution is 0.195. The van der Waals surface area contributed by atoms with E-state index in [0.717, 1.165) is 37.8 Å². The molecule has 1 heterocycles. The third-order valence-corrected chi connectivity index (χ3v) is 3.27. The number of guanidine groups is 1. The molecule has 1 aromatic heterocycles. The first-order chi connectivity index (χ1) is 9.99. The Balaban J connectivity index is 0.00000441. The van der Waals surface area contributed by atoms with Crippen molar-refractivity contribution in [1.29, 1.82) is 0 Å². The van der Waals surface area contributed by atoms with Crippen LogP contribution in [0.25, 0.3) is 0 Å². The van der Waals surface area contributed by atoms with E-state index in [4.69, 9.17) is 4.74 Å². The van der Waals surface area contributed by atoms with Gasteiger partial charge in [0.25, 0.3) is 0 Å². The van der Waals surface area contributed by atoms with Gasteiger partial charge in [0.2, 0.25) is 0 Å². The van der Waals surface area contributed by atoms with E-state index in [2.05, 4.69) is 40.4 Å². The highest BCUT2D eigenvalue weighted by atomic mass is 127. The fourth-order valence-electron chi connectivity index (χ4n) is 2.29. The molecule has 0 bridgehead atoms. The molecule has 7 heteroatoms. The number of methoxy groups -OCH3 is 1. The van der Waals surface area contributed by atoms with Crippen molar-refractivity contribution >= 4 is 29.9 Å². The zero-order valence-electron chi connectivity index (χ0n) is 14.6. The second kappa shape index (κ2) is 10.8. The number of aromatic nitrogens is 2. The predicted octanol–water partition coefficient (Wildman–Crippen LogP) is 2.21. The molecule has 1 aromatic rings. The smallest absolute Gasteiger partial charge is 0.193 e. The van der Waals surface area contributed by atoms with Gasteiger partial charge in [-0.25, -0.2) is 0 Å². The zero-order chi connectivity index (χ0) is 15.8. The molecule has 1 rings (SSSR count). The topological polar surface area (TPSA) is 54.7 Å². The Morgan fingerprint density at radius 2 is 2.18 bits per heavy atom. The van der Waals surface area contributed by atoms with Gasteiger partial charge in [-0.3, -0.25) is 9.67 Å². The molecule has 0 radical (unpaired) electrons. The molecule has 0 spiro atoms. The van der Waals surface area contributed by atoms with Crippen LogP contribution in [0, 0.1) is 0 Å². The first-order valence-corrected chi connectivity index (χ1v) is 7.42. The Kier molecular flexibility index (Phi) is 10.4. The lowest BCUT2D eigenvalue weighted by Gasteiger charge is -2.22. The summed E-state index contributed by atoms with van der Waals surface area (Å²) in [6.07, 6.45) is 3.05. The van der Waals surface area contributed by atoms with E-state index in [1.165, 1.54) is 5.56 Å². The van der Waals surface area contributed by atoms with Gasteiger partial charge in [0.1, 0.15) is 0 Å². The van der Waals surface area contributed by atoms with Gasteiger partial charge in [0.15, 0.2) is 5.96 Å². The molecule has 1 N–H and O–H groups in total. The molecule has 0 atom stereocenters. The maximum Gasteiger partial charge on any atom is 0.193 e. The van der Waals surface area contributed by atoms with Crippen LogP contribution in [0.15, 0.2) is 11.2 Å². The molecular formula is C15H30IN5O. The molecule has 0 aliphatic carbocycles. The summed E-state index contributed by atoms with van der Waals surface area (Å²) in [5.74, 6) is 1.32. The predicted molar refractivity (Wildman–Crippen MR) is 102 cm³/mol. The van der Waals surface area contributed by atoms with Gasteiger partial charge in [0.05, 0.1) is 5.69 Å². The number of aryl methyl sites for hydroxylation is 1. The van der Waals surface area contributed by atoms with Gasteiger partial charge >= 0.3 is 0 Å². The Labute approximate surface area is 151 Å². The fraction of sp³-hybridized carbons (Fsp3) is 0.733. The fourth-order valence-corrected chi connectivity index (χ4v) is 2.29. The van der Waals surface area contributed by atoms with Crippen LogP contribution in [0.1, 0.15) is 37.4 Å². The van der Waals surface area contributed by atoms with Crippen LogP contribution in [0.2, 0.25) is 0 Å². The highest BCUT2D eigenvalue weighted by Crippen LogP contribution is 2.18. The van der Waals surface area contributed by atoms with E-state index in [0.29, 0.717) is 5.92 Å². The summed E-state index contributed by atoms with van der Waals surface area (Å²) in [5, 5.41) is 7.90. The second-order valence-electron chi connectivity index (χ2n) is 5.54. The molecule has 6 nitrogen and oxygen atoms in total. The number of ether oxygens (including phenoxy) is 1. The summed E-state index contributed by atoms with van der Waals surface area (Å²) in [5.41, 5.74) is 2.40. The second-order valence-corrected chi connectivity index (χ2v) is 5.54. The van der Waals surface area contributed by atoms with Crippen molar-refractivity contribution < 1.29 is 4.74 Å². The number of hydrogen-bond donors (Lipinski definition) is 1. The van der Waals surface area contributed by atoms with E-state index in [1.54, 1.807) is 7.11 Å². The monoisotopic (exact) mass is 423 g/mol. The molecular weight excluding hydrogens is 393 g/mol. The Morgan fingerprint density at radius 1 is 1.50 bits per heavy atom. The third kappa shape index (κ3) is 6.51. The van der Waals surface area contributed by atoms with Gasteiger partial charge in [-0.05, 0) is 12.3 Å². The Bertz CT molecular complexity index is 459. The normalized spacial score (nSPS) is 11.5. The third-order valence-electron chi connectivity index (χ3n) is 3.27. The highest BCUT2D eigenvalue weighted by molar-refractivity contribution is 14.0.